The third-order valence-electron chi connectivity index (χ3n) is 5.91. The number of alkyl halides is 3. The molecule has 1 amide bonds. The number of halogens is 3. The number of hydrogen-bond acceptors (Lipinski definition) is 5. The average molecular weight is 448 g/mol. The number of carbonyl (C=O) groups excluding carboxylic acids is 1. The molecule has 2 fully saturated rings. The average Bonchev–Trinajstić information content (AvgIpc) is 3.40. The summed E-state index contributed by atoms with van der Waals surface area (Å²) in [5.41, 5.74) is -2.07. The van der Waals surface area contributed by atoms with Crippen LogP contribution in [0.3, 0.4) is 0 Å². The number of nitrogens with one attached hydrogen (secondary N) is 1. The highest BCUT2D eigenvalue weighted by molar-refractivity contribution is 7.91. The lowest BCUT2D eigenvalue weighted by Crippen LogP contribution is -2.48. The minimum Gasteiger partial charge on any atom is -0.351 e. The highest BCUT2D eigenvalue weighted by Gasteiger charge is 2.48. The first kappa shape index (κ1) is 23.0. The van der Waals surface area contributed by atoms with Crippen LogP contribution in [0.4, 0.5) is 13.2 Å². The van der Waals surface area contributed by atoms with Crippen LogP contribution in [0.25, 0.3) is 0 Å². The van der Waals surface area contributed by atoms with Gasteiger partial charge in [-0.1, -0.05) is 19.8 Å². The van der Waals surface area contributed by atoms with Crippen LogP contribution in [0.1, 0.15) is 67.3 Å². The summed E-state index contributed by atoms with van der Waals surface area (Å²) in [6, 6.07) is 0. The molecule has 0 aromatic carbocycles. The summed E-state index contributed by atoms with van der Waals surface area (Å²) in [5, 5.41) is 2.65. The molecule has 2 aliphatic carbocycles. The van der Waals surface area contributed by atoms with E-state index in [4.69, 9.17) is 0 Å². The van der Waals surface area contributed by atoms with E-state index in [0.717, 1.165) is 25.5 Å². The van der Waals surface area contributed by atoms with Crippen molar-refractivity contribution >= 4 is 15.7 Å². The Balaban J connectivity index is 1.66. The fourth-order valence-corrected chi connectivity index (χ4v) is 6.31. The van der Waals surface area contributed by atoms with Gasteiger partial charge in [-0.05, 0) is 49.9 Å². The first-order valence-electron chi connectivity index (χ1n) is 10.3. The van der Waals surface area contributed by atoms with Gasteiger partial charge in [0.2, 0.25) is 0 Å². The Morgan fingerprint density at radius 1 is 1.27 bits per heavy atom. The van der Waals surface area contributed by atoms with Crippen LogP contribution in [0.2, 0.25) is 0 Å². The lowest BCUT2D eigenvalue weighted by Gasteiger charge is -2.48. The van der Waals surface area contributed by atoms with Crippen molar-refractivity contribution in [3.05, 3.63) is 23.3 Å². The van der Waals surface area contributed by atoms with Crippen molar-refractivity contribution in [2.75, 3.05) is 18.1 Å². The van der Waals surface area contributed by atoms with Gasteiger partial charge in [-0.15, -0.1) is 0 Å². The van der Waals surface area contributed by atoms with Gasteiger partial charge in [0.25, 0.3) is 5.91 Å². The predicted octanol–water partition coefficient (Wildman–Crippen LogP) is 3.55. The van der Waals surface area contributed by atoms with Gasteiger partial charge in [0.05, 0.1) is 11.3 Å². The summed E-state index contributed by atoms with van der Waals surface area (Å²) < 4.78 is 64.0. The number of aryl methyl sites for hydroxylation is 1. The van der Waals surface area contributed by atoms with Gasteiger partial charge in [-0.25, -0.2) is 18.4 Å². The molecule has 2 aliphatic rings. The van der Waals surface area contributed by atoms with Gasteiger partial charge < -0.3 is 5.32 Å². The van der Waals surface area contributed by atoms with Gasteiger partial charge >= 0.3 is 6.18 Å². The fourth-order valence-electron chi connectivity index (χ4n) is 4.57. The van der Waals surface area contributed by atoms with E-state index in [-0.39, 0.29) is 35.2 Å². The molecule has 1 aromatic rings. The number of rotatable bonds is 9. The summed E-state index contributed by atoms with van der Waals surface area (Å²) in [7, 11) is -3.08. The molecule has 3 rings (SSSR count). The first-order valence-corrected chi connectivity index (χ1v) is 12.1. The normalized spacial score (nSPS) is 24.4. The zero-order chi connectivity index (χ0) is 22.2. The fraction of sp³-hybridized carbons (Fsp3) is 0.750. The highest BCUT2D eigenvalue weighted by atomic mass is 32.2. The number of aromatic nitrogens is 2. The smallest absolute Gasteiger partial charge is 0.351 e. The van der Waals surface area contributed by atoms with Gasteiger partial charge in [-0.2, -0.15) is 13.2 Å². The predicted molar refractivity (Wildman–Crippen MR) is 106 cm³/mol. The van der Waals surface area contributed by atoms with Crippen LogP contribution in [0.15, 0.2) is 6.20 Å². The molecule has 30 heavy (non-hydrogen) atoms. The number of sulfone groups is 1. The molecular formula is C20H28F3N3O3S. The van der Waals surface area contributed by atoms with Crippen molar-refractivity contribution in [1.29, 1.82) is 0 Å². The summed E-state index contributed by atoms with van der Waals surface area (Å²) in [5.74, 6) is 0.0160. The number of carbonyl (C=O) groups is 1. The van der Waals surface area contributed by atoms with E-state index in [2.05, 4.69) is 15.3 Å². The molecule has 1 N–H and O–H groups in total. The van der Waals surface area contributed by atoms with Crippen molar-refractivity contribution in [1.82, 2.24) is 15.3 Å². The van der Waals surface area contributed by atoms with Crippen LogP contribution in [0, 0.1) is 24.2 Å². The van der Waals surface area contributed by atoms with Crippen LogP contribution in [-0.2, 0) is 16.0 Å². The Bertz CT molecular complexity index is 892. The molecule has 2 saturated carbocycles. The van der Waals surface area contributed by atoms with Crippen molar-refractivity contribution in [2.45, 2.75) is 58.5 Å². The zero-order valence-corrected chi connectivity index (χ0v) is 18.1. The van der Waals surface area contributed by atoms with Gasteiger partial charge in [0, 0.05) is 18.5 Å². The van der Waals surface area contributed by atoms with Crippen LogP contribution < -0.4 is 5.32 Å². The highest BCUT2D eigenvalue weighted by Crippen LogP contribution is 2.54. The van der Waals surface area contributed by atoms with Crippen molar-refractivity contribution < 1.29 is 26.4 Å². The largest absolute Gasteiger partial charge is 0.434 e. The molecule has 0 spiro atoms. The van der Waals surface area contributed by atoms with E-state index in [1.54, 1.807) is 0 Å². The topological polar surface area (TPSA) is 89.0 Å². The summed E-state index contributed by atoms with van der Waals surface area (Å²) in [4.78, 5) is 19.7. The molecule has 0 saturated heterocycles. The van der Waals surface area contributed by atoms with Crippen molar-refractivity contribution in [3.8, 4) is 0 Å². The Morgan fingerprint density at radius 3 is 2.50 bits per heavy atom. The minimum absolute atomic E-state index is 0.0469. The van der Waals surface area contributed by atoms with Crippen LogP contribution in [0.5, 0.6) is 0 Å². The van der Waals surface area contributed by atoms with E-state index < -0.39 is 33.2 Å². The molecule has 0 radical (unpaired) electrons. The van der Waals surface area contributed by atoms with E-state index in [9.17, 15) is 26.4 Å². The number of nitrogens with zero attached hydrogens (tertiary/aromatic N) is 2. The molecular weight excluding hydrogens is 419 g/mol. The van der Waals surface area contributed by atoms with Gasteiger partial charge in [0.1, 0.15) is 5.82 Å². The second-order valence-corrected chi connectivity index (χ2v) is 11.1. The summed E-state index contributed by atoms with van der Waals surface area (Å²) >= 11 is 0. The Labute approximate surface area is 175 Å². The Morgan fingerprint density at radius 2 is 1.93 bits per heavy atom. The van der Waals surface area contributed by atoms with Gasteiger partial charge in [0.15, 0.2) is 15.5 Å². The Hall–Kier alpha value is -1.71. The van der Waals surface area contributed by atoms with E-state index >= 15 is 0 Å². The molecule has 6 nitrogen and oxygen atoms in total. The number of hydrogen-bond donors (Lipinski definition) is 1. The summed E-state index contributed by atoms with van der Waals surface area (Å²) in [6.45, 7) is 3.40. The molecule has 1 aromatic heterocycles. The van der Waals surface area contributed by atoms with Crippen molar-refractivity contribution in [2.24, 2.45) is 17.3 Å². The van der Waals surface area contributed by atoms with Crippen LogP contribution in [-0.4, -0.2) is 42.3 Å². The SMILES string of the molecule is CCCS(=O)(=O)C[C@H]1C[C@@](CNC(=O)c2cnc(C)nc2C(F)(F)F)(CC2CC2)C1. The maximum atomic E-state index is 13.3. The maximum absolute atomic E-state index is 13.3. The molecule has 0 aliphatic heterocycles. The quantitative estimate of drug-likeness (QED) is 0.625. The monoisotopic (exact) mass is 447 g/mol. The lowest BCUT2D eigenvalue weighted by molar-refractivity contribution is -0.141. The molecule has 10 heteroatoms. The molecule has 1 heterocycles. The maximum Gasteiger partial charge on any atom is 0.434 e. The zero-order valence-electron chi connectivity index (χ0n) is 17.3. The van der Waals surface area contributed by atoms with Gasteiger partial charge in [-0.3, -0.25) is 4.79 Å². The third-order valence-corrected chi connectivity index (χ3v) is 7.92. The molecule has 0 atom stereocenters. The van der Waals surface area contributed by atoms with E-state index in [1.165, 1.54) is 6.92 Å². The number of amides is 1. The first-order chi connectivity index (χ1) is 13.9. The van der Waals surface area contributed by atoms with Crippen molar-refractivity contribution in [3.63, 3.8) is 0 Å². The third kappa shape index (κ3) is 5.70. The standard InChI is InChI=1S/C20H28F3N3O3S/c1-3-6-30(28,29)11-15-8-19(9-15,7-14-4-5-14)12-25-18(27)16-10-24-13(2)26-17(16)20(21,22)23/h10,14-15H,3-9,11-12H2,1-2H3,(H,25,27)/t15-,19-. The second kappa shape index (κ2) is 8.43. The molecule has 0 bridgehead atoms. The lowest BCUT2D eigenvalue weighted by atomic mass is 9.60. The Kier molecular flexibility index (Phi) is 6.46. The second-order valence-electron chi connectivity index (χ2n) is 8.90. The van der Waals surface area contributed by atoms with E-state index in [1.807, 2.05) is 6.92 Å². The molecule has 0 unspecified atom stereocenters. The summed E-state index contributed by atoms with van der Waals surface area (Å²) in [6.07, 6.45) is 1.17. The minimum atomic E-state index is -4.75. The van der Waals surface area contributed by atoms with E-state index in [0.29, 0.717) is 25.2 Å². The van der Waals surface area contributed by atoms with Crippen LogP contribution >= 0.6 is 0 Å². The molecule has 168 valence electrons.